The molecule has 0 bridgehead atoms. The minimum atomic E-state index is 0.778. The van der Waals surface area contributed by atoms with Crippen molar-refractivity contribution in [2.45, 2.75) is 13.8 Å². The van der Waals surface area contributed by atoms with Gasteiger partial charge >= 0.3 is 0 Å². The molecule has 0 saturated heterocycles. The zero-order valence-corrected chi connectivity index (χ0v) is 14.6. The molecule has 0 fully saturated rings. The maximum atomic E-state index is 6.31. The Hall–Kier alpha value is -2.45. The molecule has 0 radical (unpaired) electrons. The van der Waals surface area contributed by atoms with Crippen LogP contribution in [0.15, 0.2) is 42.5 Å². The second-order valence-corrected chi connectivity index (χ2v) is 7.11. The highest BCUT2D eigenvalue weighted by Crippen LogP contribution is 2.40. The van der Waals surface area contributed by atoms with Gasteiger partial charge in [-0.25, -0.2) is 0 Å². The van der Waals surface area contributed by atoms with Crippen LogP contribution in [0.25, 0.3) is 43.6 Å². The molecular weight excluding hydrogens is 316 g/mol. The highest BCUT2D eigenvalue weighted by atomic mass is 35.5. The number of aromatic nitrogens is 2. The van der Waals surface area contributed by atoms with Crippen LogP contribution < -0.4 is 0 Å². The molecule has 2 nitrogen and oxygen atoms in total. The molecule has 2 aromatic heterocycles. The van der Waals surface area contributed by atoms with Gasteiger partial charge in [-0.1, -0.05) is 23.7 Å². The molecule has 24 heavy (non-hydrogen) atoms. The first-order valence-corrected chi connectivity index (χ1v) is 8.52. The zero-order valence-electron chi connectivity index (χ0n) is 13.9. The molecule has 5 rings (SSSR count). The molecule has 2 heterocycles. The van der Waals surface area contributed by atoms with Crippen LogP contribution in [0.4, 0.5) is 0 Å². The normalized spacial score (nSPS) is 12.2. The molecule has 3 heteroatoms. The van der Waals surface area contributed by atoms with E-state index >= 15 is 0 Å². The Morgan fingerprint density at radius 2 is 1.58 bits per heavy atom. The first kappa shape index (κ1) is 13.9. The number of hydrogen-bond donors (Lipinski definition) is 1. The van der Waals surface area contributed by atoms with E-state index in [1.165, 1.54) is 54.7 Å². The lowest BCUT2D eigenvalue weighted by atomic mass is 10.0. The summed E-state index contributed by atoms with van der Waals surface area (Å²) >= 11 is 6.31. The van der Waals surface area contributed by atoms with Crippen LogP contribution >= 0.6 is 11.6 Å². The van der Waals surface area contributed by atoms with Crippen molar-refractivity contribution in [2.24, 2.45) is 7.05 Å². The van der Waals surface area contributed by atoms with E-state index in [4.69, 9.17) is 11.6 Å². The van der Waals surface area contributed by atoms with Gasteiger partial charge in [0.1, 0.15) is 0 Å². The van der Waals surface area contributed by atoms with Crippen molar-refractivity contribution in [2.75, 3.05) is 0 Å². The molecule has 3 aromatic carbocycles. The molecule has 0 saturated carbocycles. The van der Waals surface area contributed by atoms with Crippen LogP contribution in [0.1, 0.15) is 11.1 Å². The summed E-state index contributed by atoms with van der Waals surface area (Å²) in [7, 11) is 2.12. The van der Waals surface area contributed by atoms with Crippen LogP contribution in [0, 0.1) is 13.8 Å². The SMILES string of the molecule is Cc1ccc(C)c2c1[nH]c1ccc3c(c4cc(Cl)ccc4n3C)c12. The Morgan fingerprint density at radius 1 is 0.833 bits per heavy atom. The fraction of sp³-hybridized carbons (Fsp3) is 0.143. The van der Waals surface area contributed by atoms with Crippen LogP contribution in [0.5, 0.6) is 0 Å². The molecule has 118 valence electrons. The topological polar surface area (TPSA) is 20.7 Å². The van der Waals surface area contributed by atoms with Gasteiger partial charge in [0, 0.05) is 55.7 Å². The van der Waals surface area contributed by atoms with E-state index in [1.807, 2.05) is 6.07 Å². The lowest BCUT2D eigenvalue weighted by molar-refractivity contribution is 1.01. The van der Waals surface area contributed by atoms with Gasteiger partial charge in [-0.2, -0.15) is 0 Å². The number of halogens is 1. The zero-order chi connectivity index (χ0) is 16.6. The molecule has 0 aliphatic heterocycles. The molecule has 0 spiro atoms. The van der Waals surface area contributed by atoms with E-state index in [0.29, 0.717) is 0 Å². The van der Waals surface area contributed by atoms with E-state index in [0.717, 1.165) is 5.02 Å². The minimum absolute atomic E-state index is 0.778. The number of aromatic amines is 1. The fourth-order valence-corrected chi connectivity index (χ4v) is 4.24. The average molecular weight is 333 g/mol. The van der Waals surface area contributed by atoms with E-state index < -0.39 is 0 Å². The molecule has 1 N–H and O–H groups in total. The predicted molar refractivity (Wildman–Crippen MR) is 104 cm³/mol. The maximum absolute atomic E-state index is 6.31. The van der Waals surface area contributed by atoms with Gasteiger partial charge in [-0.3, -0.25) is 0 Å². The third-order valence-corrected chi connectivity index (χ3v) is 5.50. The summed E-state index contributed by atoms with van der Waals surface area (Å²) in [4.78, 5) is 3.63. The number of benzene rings is 3. The van der Waals surface area contributed by atoms with E-state index in [2.05, 4.69) is 66.8 Å². The summed E-state index contributed by atoms with van der Waals surface area (Å²) in [6.07, 6.45) is 0. The molecule has 0 aliphatic carbocycles. The van der Waals surface area contributed by atoms with Gasteiger partial charge in [0.2, 0.25) is 0 Å². The lowest BCUT2D eigenvalue weighted by Gasteiger charge is -2.02. The van der Waals surface area contributed by atoms with Crippen molar-refractivity contribution < 1.29 is 0 Å². The van der Waals surface area contributed by atoms with E-state index in [-0.39, 0.29) is 0 Å². The van der Waals surface area contributed by atoms with Crippen molar-refractivity contribution in [1.29, 1.82) is 0 Å². The smallest absolute Gasteiger partial charge is 0.0497 e. The highest BCUT2D eigenvalue weighted by Gasteiger charge is 2.17. The molecule has 0 atom stereocenters. The fourth-order valence-electron chi connectivity index (χ4n) is 4.07. The summed E-state index contributed by atoms with van der Waals surface area (Å²) in [6.45, 7) is 4.35. The Balaban J connectivity index is 2.19. The van der Waals surface area contributed by atoms with Crippen LogP contribution in [-0.4, -0.2) is 9.55 Å². The predicted octanol–water partition coefficient (Wildman–Crippen LogP) is 6.24. The van der Waals surface area contributed by atoms with Crippen molar-refractivity contribution in [3.8, 4) is 0 Å². The highest BCUT2D eigenvalue weighted by molar-refractivity contribution is 6.33. The maximum Gasteiger partial charge on any atom is 0.0497 e. The third kappa shape index (κ3) is 1.61. The molecule has 0 unspecified atom stereocenters. The number of hydrogen-bond acceptors (Lipinski definition) is 0. The van der Waals surface area contributed by atoms with Gasteiger partial charge in [0.15, 0.2) is 0 Å². The van der Waals surface area contributed by atoms with Crippen molar-refractivity contribution in [3.05, 3.63) is 58.6 Å². The van der Waals surface area contributed by atoms with Gasteiger partial charge in [-0.15, -0.1) is 0 Å². The minimum Gasteiger partial charge on any atom is -0.354 e. The number of aryl methyl sites for hydroxylation is 3. The Kier molecular flexibility index (Phi) is 2.64. The van der Waals surface area contributed by atoms with E-state index in [1.54, 1.807) is 0 Å². The summed E-state index contributed by atoms with van der Waals surface area (Å²) in [5.41, 5.74) is 7.44. The van der Waals surface area contributed by atoms with Crippen molar-refractivity contribution >= 4 is 55.2 Å². The molecule has 0 aliphatic rings. The van der Waals surface area contributed by atoms with Crippen molar-refractivity contribution in [1.82, 2.24) is 9.55 Å². The number of nitrogens with one attached hydrogen (secondary N) is 1. The first-order valence-electron chi connectivity index (χ1n) is 8.14. The van der Waals surface area contributed by atoms with Crippen molar-refractivity contribution in [3.63, 3.8) is 0 Å². The number of fused-ring (bicyclic) bond motifs is 7. The molecule has 0 amide bonds. The lowest BCUT2D eigenvalue weighted by Crippen LogP contribution is -1.85. The third-order valence-electron chi connectivity index (χ3n) is 5.27. The standard InChI is InChI=1S/C21H17ClN2/c1-11-4-5-12(2)21-18(11)20-15(23-21)7-9-17-19(20)14-10-13(22)6-8-16(14)24(17)3/h4-10,23H,1-3H3. The van der Waals surface area contributed by atoms with Gasteiger partial charge < -0.3 is 9.55 Å². The second kappa shape index (κ2) is 4.55. The number of nitrogens with zero attached hydrogens (tertiary/aromatic N) is 1. The Morgan fingerprint density at radius 3 is 2.42 bits per heavy atom. The van der Waals surface area contributed by atoms with Gasteiger partial charge in [0.25, 0.3) is 0 Å². The largest absolute Gasteiger partial charge is 0.354 e. The molecule has 5 aromatic rings. The summed E-state index contributed by atoms with van der Waals surface area (Å²) < 4.78 is 2.25. The molecular formula is C21H17ClN2. The summed E-state index contributed by atoms with van der Waals surface area (Å²) in [5.74, 6) is 0. The van der Waals surface area contributed by atoms with Crippen LogP contribution in [0.2, 0.25) is 5.02 Å². The van der Waals surface area contributed by atoms with E-state index in [9.17, 15) is 0 Å². The Labute approximate surface area is 144 Å². The average Bonchev–Trinajstić information content (AvgIpc) is 3.08. The number of H-pyrrole nitrogens is 1. The number of rotatable bonds is 0. The quantitative estimate of drug-likeness (QED) is 0.346. The first-order chi connectivity index (χ1) is 11.6. The Bertz CT molecular complexity index is 1290. The van der Waals surface area contributed by atoms with Crippen LogP contribution in [0.3, 0.4) is 0 Å². The summed E-state index contributed by atoms with van der Waals surface area (Å²) in [5, 5.41) is 5.90. The monoisotopic (exact) mass is 332 g/mol. The van der Waals surface area contributed by atoms with Gasteiger partial charge in [-0.05, 0) is 55.3 Å². The second-order valence-electron chi connectivity index (χ2n) is 6.68. The van der Waals surface area contributed by atoms with Crippen LogP contribution in [-0.2, 0) is 7.05 Å². The summed E-state index contributed by atoms with van der Waals surface area (Å²) in [6, 6.07) is 14.9. The van der Waals surface area contributed by atoms with Gasteiger partial charge in [0.05, 0.1) is 0 Å².